The average molecular weight is 483 g/mol. The van der Waals surface area contributed by atoms with Gasteiger partial charge in [0.1, 0.15) is 0 Å². The van der Waals surface area contributed by atoms with Gasteiger partial charge in [-0.1, -0.05) is 47.5 Å². The van der Waals surface area contributed by atoms with E-state index in [0.717, 1.165) is 23.3 Å². The van der Waals surface area contributed by atoms with E-state index in [1.807, 2.05) is 48.5 Å². The Morgan fingerprint density at radius 2 is 1.35 bits per heavy atom. The Morgan fingerprint density at radius 3 is 1.84 bits per heavy atom. The van der Waals surface area contributed by atoms with Crippen LogP contribution in [0, 0.1) is 11.6 Å². The Balaban J connectivity index is 1.51. The van der Waals surface area contributed by atoms with Crippen LogP contribution in [0.25, 0.3) is 0 Å². The van der Waals surface area contributed by atoms with E-state index in [1.165, 1.54) is 0 Å². The highest BCUT2D eigenvalue weighted by molar-refractivity contribution is 7.89. The molecule has 1 N–H and O–H groups in total. The average Bonchev–Trinajstić information content (AvgIpc) is 2.70. The summed E-state index contributed by atoms with van der Waals surface area (Å²) in [5.74, 6) is -2.30. The molecule has 9 heteroatoms. The fourth-order valence-electron chi connectivity index (χ4n) is 3.63. The Morgan fingerprint density at radius 1 is 0.839 bits per heavy atom. The highest BCUT2D eigenvalue weighted by Crippen LogP contribution is 2.34. The van der Waals surface area contributed by atoms with Gasteiger partial charge in [-0.25, -0.2) is 21.9 Å². The second-order valence-electron chi connectivity index (χ2n) is 7.35. The molecule has 1 heterocycles. The third-order valence-corrected chi connectivity index (χ3v) is 7.19. The minimum atomic E-state index is -3.97. The van der Waals surface area contributed by atoms with Gasteiger partial charge in [0.15, 0.2) is 11.6 Å². The fourth-order valence-corrected chi connectivity index (χ4v) is 5.12. The number of hydrogen-bond acceptors (Lipinski definition) is 3. The number of rotatable bonds is 6. The molecule has 0 amide bonds. The van der Waals surface area contributed by atoms with Crippen molar-refractivity contribution >= 4 is 33.2 Å². The van der Waals surface area contributed by atoms with E-state index in [9.17, 15) is 17.2 Å². The third kappa shape index (κ3) is 4.91. The summed E-state index contributed by atoms with van der Waals surface area (Å²) in [6.45, 7) is 0.887. The van der Waals surface area contributed by atoms with Crippen LogP contribution in [-0.2, 0) is 10.0 Å². The van der Waals surface area contributed by atoms with Crippen LogP contribution in [0.2, 0.25) is 10.0 Å². The van der Waals surface area contributed by atoms with E-state index < -0.39 is 21.7 Å². The van der Waals surface area contributed by atoms with Gasteiger partial charge in [-0.05, 0) is 53.6 Å². The topological polar surface area (TPSA) is 49.4 Å². The molecule has 4 nitrogen and oxygen atoms in total. The molecule has 31 heavy (non-hydrogen) atoms. The number of halogens is 4. The lowest BCUT2D eigenvalue weighted by atomic mass is 9.93. The molecular weight excluding hydrogens is 465 g/mol. The van der Waals surface area contributed by atoms with Gasteiger partial charge in [0, 0.05) is 29.2 Å². The van der Waals surface area contributed by atoms with Crippen LogP contribution in [0.5, 0.6) is 0 Å². The normalized spacial score (nSPS) is 15.3. The minimum absolute atomic E-state index is 0.112. The van der Waals surface area contributed by atoms with E-state index in [-0.39, 0.29) is 17.0 Å². The minimum Gasteiger partial charge on any atom is -0.289 e. The van der Waals surface area contributed by atoms with Crippen LogP contribution in [0.15, 0.2) is 71.6 Å². The molecule has 1 aliphatic rings. The van der Waals surface area contributed by atoms with Crippen molar-refractivity contribution in [2.24, 2.45) is 0 Å². The van der Waals surface area contributed by atoms with Crippen molar-refractivity contribution in [1.29, 1.82) is 0 Å². The van der Waals surface area contributed by atoms with Crippen LogP contribution in [-0.4, -0.2) is 32.4 Å². The number of hydrogen-bond donors (Lipinski definition) is 1. The first-order valence-electron chi connectivity index (χ1n) is 9.45. The quantitative estimate of drug-likeness (QED) is 0.536. The maximum atomic E-state index is 13.4. The summed E-state index contributed by atoms with van der Waals surface area (Å²) in [6.07, 6.45) is 0. The molecular formula is C22H18Cl2F2N2O2S. The highest BCUT2D eigenvalue weighted by Gasteiger charge is 2.36. The Kier molecular flexibility index (Phi) is 6.32. The molecule has 162 valence electrons. The van der Waals surface area contributed by atoms with Crippen molar-refractivity contribution in [3.63, 3.8) is 0 Å². The molecule has 1 aliphatic heterocycles. The number of sulfonamides is 1. The number of nitrogens with one attached hydrogen (secondary N) is 1. The number of likely N-dealkylation sites (tertiary alicyclic amines) is 1. The van der Waals surface area contributed by atoms with Crippen molar-refractivity contribution in [3.8, 4) is 0 Å². The monoisotopic (exact) mass is 482 g/mol. The van der Waals surface area contributed by atoms with Gasteiger partial charge >= 0.3 is 0 Å². The van der Waals surface area contributed by atoms with Gasteiger partial charge in [0.2, 0.25) is 10.0 Å². The number of benzene rings is 3. The largest absolute Gasteiger partial charge is 0.289 e. The van der Waals surface area contributed by atoms with Crippen LogP contribution in [0.4, 0.5) is 8.78 Å². The Bertz CT molecular complexity index is 1140. The van der Waals surface area contributed by atoms with Crippen molar-refractivity contribution in [1.82, 2.24) is 9.62 Å². The van der Waals surface area contributed by atoms with Crippen LogP contribution >= 0.6 is 23.2 Å². The second kappa shape index (κ2) is 8.84. The third-order valence-electron chi connectivity index (χ3n) is 5.17. The van der Waals surface area contributed by atoms with Crippen molar-refractivity contribution in [2.75, 3.05) is 13.1 Å². The van der Waals surface area contributed by atoms with Crippen molar-refractivity contribution in [2.45, 2.75) is 17.0 Å². The van der Waals surface area contributed by atoms with E-state index in [0.29, 0.717) is 29.2 Å². The van der Waals surface area contributed by atoms with Crippen molar-refractivity contribution in [3.05, 3.63) is 99.5 Å². The molecule has 0 unspecified atom stereocenters. The Labute approximate surface area is 189 Å². The predicted molar refractivity (Wildman–Crippen MR) is 117 cm³/mol. The summed E-state index contributed by atoms with van der Waals surface area (Å²) in [4.78, 5) is 1.81. The first kappa shape index (κ1) is 22.2. The van der Waals surface area contributed by atoms with Crippen LogP contribution in [0.1, 0.15) is 17.2 Å². The summed E-state index contributed by atoms with van der Waals surface area (Å²) in [7, 11) is -3.97. The molecule has 3 aromatic carbocycles. The van der Waals surface area contributed by atoms with Gasteiger partial charge in [0.25, 0.3) is 0 Å². The van der Waals surface area contributed by atoms with E-state index in [1.54, 1.807) is 0 Å². The molecule has 0 saturated carbocycles. The SMILES string of the molecule is O=S(=O)(NC1CN(C(c2ccc(Cl)cc2)c2ccc(Cl)cc2)C1)c1ccc(F)c(F)c1. The fraction of sp³-hybridized carbons (Fsp3) is 0.182. The summed E-state index contributed by atoms with van der Waals surface area (Å²) in [5, 5.41) is 1.25. The van der Waals surface area contributed by atoms with E-state index >= 15 is 0 Å². The molecule has 0 radical (unpaired) electrons. The molecule has 4 rings (SSSR count). The summed E-state index contributed by atoms with van der Waals surface area (Å²) >= 11 is 12.1. The van der Waals surface area contributed by atoms with Gasteiger partial charge in [-0.2, -0.15) is 0 Å². The molecule has 0 bridgehead atoms. The Hall–Kier alpha value is -2.03. The zero-order valence-electron chi connectivity index (χ0n) is 16.1. The lowest BCUT2D eigenvalue weighted by molar-refractivity contribution is 0.105. The summed E-state index contributed by atoms with van der Waals surface area (Å²) in [6, 6.07) is 17.0. The first-order valence-corrected chi connectivity index (χ1v) is 11.7. The summed E-state index contributed by atoms with van der Waals surface area (Å²) in [5.41, 5.74) is 2.02. The smallest absolute Gasteiger partial charge is 0.241 e. The van der Waals surface area contributed by atoms with Crippen LogP contribution < -0.4 is 4.72 Å². The molecule has 3 aromatic rings. The molecule has 0 aliphatic carbocycles. The van der Waals surface area contributed by atoms with Gasteiger partial charge in [-0.3, -0.25) is 4.90 Å². The molecule has 1 saturated heterocycles. The van der Waals surface area contributed by atoms with Gasteiger partial charge < -0.3 is 0 Å². The molecule has 0 atom stereocenters. The predicted octanol–water partition coefficient (Wildman–Crippen LogP) is 5.02. The van der Waals surface area contributed by atoms with Crippen LogP contribution in [0.3, 0.4) is 0 Å². The zero-order chi connectivity index (χ0) is 22.2. The molecule has 0 aromatic heterocycles. The van der Waals surface area contributed by atoms with Gasteiger partial charge in [0.05, 0.1) is 10.9 Å². The zero-order valence-corrected chi connectivity index (χ0v) is 18.4. The first-order chi connectivity index (χ1) is 14.7. The lowest BCUT2D eigenvalue weighted by Gasteiger charge is -2.44. The van der Waals surface area contributed by atoms with Gasteiger partial charge in [-0.15, -0.1) is 0 Å². The maximum Gasteiger partial charge on any atom is 0.241 e. The van der Waals surface area contributed by atoms with E-state index in [4.69, 9.17) is 23.2 Å². The molecule has 1 fully saturated rings. The molecule has 0 spiro atoms. The lowest BCUT2D eigenvalue weighted by Crippen LogP contribution is -2.60. The van der Waals surface area contributed by atoms with E-state index in [2.05, 4.69) is 9.62 Å². The maximum absolute atomic E-state index is 13.4. The summed E-state index contributed by atoms with van der Waals surface area (Å²) < 4.78 is 54.2. The van der Waals surface area contributed by atoms with Crippen molar-refractivity contribution < 1.29 is 17.2 Å². The highest BCUT2D eigenvalue weighted by atomic mass is 35.5. The number of nitrogens with zero attached hydrogens (tertiary/aromatic N) is 1. The second-order valence-corrected chi connectivity index (χ2v) is 9.94. The standard InChI is InChI=1S/C22H18Cl2F2N2O2S/c23-16-5-1-14(2-6-16)22(15-3-7-17(24)8-4-15)28-12-18(13-28)27-31(29,30)19-9-10-20(25)21(26)11-19/h1-11,18,22,27H,12-13H2.